The molecule has 1 fully saturated rings. The minimum absolute atomic E-state index is 0.00526. The van der Waals surface area contributed by atoms with Crippen molar-refractivity contribution >= 4 is 0 Å². The SMILES string of the molecule is CCC1O[C@H]([C@H](C)c2ccc(-c3ccc(C#N)cc3)cc2C)C(OCc2ccccc2)[C@@H](C)[C@@H]1C. The lowest BCUT2D eigenvalue weighted by atomic mass is 9.75. The maximum absolute atomic E-state index is 9.09. The Balaban J connectivity index is 1.59. The molecule has 0 saturated carbocycles. The van der Waals surface area contributed by atoms with Gasteiger partial charge in [-0.15, -0.1) is 0 Å². The first-order valence-corrected chi connectivity index (χ1v) is 12.8. The molecule has 0 amide bonds. The molecule has 0 spiro atoms. The number of aryl methyl sites for hydroxylation is 1. The molecule has 0 aromatic heterocycles. The fourth-order valence-corrected chi connectivity index (χ4v) is 5.50. The van der Waals surface area contributed by atoms with Crippen molar-refractivity contribution in [2.75, 3.05) is 0 Å². The molecule has 0 aliphatic carbocycles. The summed E-state index contributed by atoms with van der Waals surface area (Å²) in [5.74, 6) is 1.06. The van der Waals surface area contributed by atoms with Gasteiger partial charge >= 0.3 is 0 Å². The van der Waals surface area contributed by atoms with Crippen molar-refractivity contribution < 1.29 is 9.47 Å². The van der Waals surface area contributed by atoms with Crippen LogP contribution in [0.25, 0.3) is 11.1 Å². The van der Waals surface area contributed by atoms with Crippen molar-refractivity contribution in [3.05, 3.63) is 95.1 Å². The average Bonchev–Trinajstić information content (AvgIpc) is 2.89. The van der Waals surface area contributed by atoms with E-state index in [9.17, 15) is 0 Å². The predicted molar refractivity (Wildman–Crippen MR) is 142 cm³/mol. The van der Waals surface area contributed by atoms with Gasteiger partial charge in [0, 0.05) is 5.92 Å². The second kappa shape index (κ2) is 11.2. The molecule has 1 heterocycles. The molecule has 0 bridgehead atoms. The molecule has 6 atom stereocenters. The second-order valence-corrected chi connectivity index (χ2v) is 10.1. The Morgan fingerprint density at radius 1 is 0.943 bits per heavy atom. The first-order valence-electron chi connectivity index (χ1n) is 12.8. The zero-order chi connectivity index (χ0) is 24.9. The van der Waals surface area contributed by atoms with Crippen LogP contribution in [0, 0.1) is 30.1 Å². The van der Waals surface area contributed by atoms with E-state index in [1.54, 1.807) is 0 Å². The molecule has 3 aromatic rings. The lowest BCUT2D eigenvalue weighted by Gasteiger charge is -2.47. The zero-order valence-corrected chi connectivity index (χ0v) is 21.6. The number of nitriles is 1. The van der Waals surface area contributed by atoms with E-state index in [4.69, 9.17) is 14.7 Å². The van der Waals surface area contributed by atoms with Crippen molar-refractivity contribution in [2.24, 2.45) is 11.8 Å². The molecule has 4 rings (SSSR count). The molecular weight excluding hydrogens is 430 g/mol. The lowest BCUT2D eigenvalue weighted by Crippen LogP contribution is -2.52. The van der Waals surface area contributed by atoms with Gasteiger partial charge in [0.25, 0.3) is 0 Å². The first-order chi connectivity index (χ1) is 16.9. The van der Waals surface area contributed by atoms with Crippen molar-refractivity contribution in [3.8, 4) is 17.2 Å². The lowest BCUT2D eigenvalue weighted by molar-refractivity contribution is -0.197. The van der Waals surface area contributed by atoms with Crippen molar-refractivity contribution in [1.82, 2.24) is 0 Å². The summed E-state index contributed by atoms with van der Waals surface area (Å²) >= 11 is 0. The topological polar surface area (TPSA) is 42.2 Å². The average molecular weight is 468 g/mol. The van der Waals surface area contributed by atoms with Gasteiger partial charge in [0.2, 0.25) is 0 Å². The van der Waals surface area contributed by atoms with Gasteiger partial charge in [0.15, 0.2) is 0 Å². The number of rotatable bonds is 7. The molecular formula is C32H37NO2. The van der Waals surface area contributed by atoms with E-state index in [0.717, 1.165) is 17.5 Å². The molecule has 2 unspecified atom stereocenters. The van der Waals surface area contributed by atoms with E-state index in [1.807, 2.05) is 30.3 Å². The summed E-state index contributed by atoms with van der Waals surface area (Å²) in [7, 11) is 0. The van der Waals surface area contributed by atoms with E-state index in [1.165, 1.54) is 16.7 Å². The Bertz CT molecular complexity index is 1150. The van der Waals surface area contributed by atoms with Crippen LogP contribution in [0.15, 0.2) is 72.8 Å². The van der Waals surface area contributed by atoms with Gasteiger partial charge in [-0.3, -0.25) is 0 Å². The van der Waals surface area contributed by atoms with Gasteiger partial charge in [0.05, 0.1) is 36.6 Å². The number of ether oxygens (including phenoxy) is 2. The molecule has 1 aliphatic heterocycles. The molecule has 182 valence electrons. The van der Waals surface area contributed by atoms with E-state index >= 15 is 0 Å². The summed E-state index contributed by atoms with van der Waals surface area (Å²) in [6.07, 6.45) is 1.28. The quantitative estimate of drug-likeness (QED) is 0.358. The summed E-state index contributed by atoms with van der Waals surface area (Å²) in [5.41, 5.74) is 6.72. The smallest absolute Gasteiger partial charge is 0.0991 e. The third-order valence-electron chi connectivity index (χ3n) is 7.88. The number of nitrogens with zero attached hydrogens (tertiary/aromatic N) is 1. The minimum Gasteiger partial charge on any atom is -0.371 e. The third kappa shape index (κ3) is 5.50. The number of hydrogen-bond acceptors (Lipinski definition) is 3. The van der Waals surface area contributed by atoms with Gasteiger partial charge < -0.3 is 9.47 Å². The summed E-state index contributed by atoms with van der Waals surface area (Å²) < 4.78 is 13.4. The Morgan fingerprint density at radius 2 is 1.63 bits per heavy atom. The molecule has 1 aliphatic rings. The van der Waals surface area contributed by atoms with Crippen molar-refractivity contribution in [2.45, 2.75) is 71.9 Å². The van der Waals surface area contributed by atoms with Crippen LogP contribution >= 0.6 is 0 Å². The molecule has 3 aromatic carbocycles. The van der Waals surface area contributed by atoms with E-state index < -0.39 is 0 Å². The van der Waals surface area contributed by atoms with Crippen LogP contribution in [-0.4, -0.2) is 18.3 Å². The fraction of sp³-hybridized carbons (Fsp3) is 0.406. The Kier molecular flexibility index (Phi) is 8.06. The summed E-state index contributed by atoms with van der Waals surface area (Å²) in [4.78, 5) is 0. The third-order valence-corrected chi connectivity index (χ3v) is 7.88. The standard InChI is InChI=1S/C32H37NO2/c1-6-30-22(3)23(4)31(34-20-26-10-8-7-9-11-26)32(35-30)24(5)29-17-16-28(18-21(29)2)27-14-12-25(19-33)13-15-27/h7-18,22-24,30-32H,6,20H2,1-5H3/t22-,23-,24+,30?,31?,32+/m0/s1. The molecule has 0 N–H and O–H groups in total. The highest BCUT2D eigenvalue weighted by molar-refractivity contribution is 5.65. The number of benzene rings is 3. The normalized spacial score (nSPS) is 25.1. The maximum Gasteiger partial charge on any atom is 0.0991 e. The van der Waals surface area contributed by atoms with Gasteiger partial charge in [-0.05, 0) is 65.1 Å². The minimum atomic E-state index is -0.00526. The van der Waals surface area contributed by atoms with Crippen LogP contribution < -0.4 is 0 Å². The Morgan fingerprint density at radius 3 is 2.26 bits per heavy atom. The predicted octanol–water partition coefficient (Wildman–Crippen LogP) is 7.67. The van der Waals surface area contributed by atoms with Gasteiger partial charge in [-0.1, -0.05) is 88.4 Å². The zero-order valence-electron chi connectivity index (χ0n) is 21.6. The molecule has 1 saturated heterocycles. The van der Waals surface area contributed by atoms with E-state index in [0.29, 0.717) is 24.0 Å². The summed E-state index contributed by atoms with van der Waals surface area (Å²) in [6.45, 7) is 11.9. The largest absolute Gasteiger partial charge is 0.371 e. The molecule has 3 heteroatoms. The molecule has 0 radical (unpaired) electrons. The van der Waals surface area contributed by atoms with Crippen LogP contribution in [0.5, 0.6) is 0 Å². The Labute approximate surface area is 210 Å². The van der Waals surface area contributed by atoms with E-state index in [-0.39, 0.29) is 24.2 Å². The highest BCUT2D eigenvalue weighted by Crippen LogP contribution is 2.41. The maximum atomic E-state index is 9.09. The summed E-state index contributed by atoms with van der Waals surface area (Å²) in [6, 6.07) is 27.1. The van der Waals surface area contributed by atoms with Crippen molar-refractivity contribution in [1.29, 1.82) is 5.26 Å². The molecule has 3 nitrogen and oxygen atoms in total. The highest BCUT2D eigenvalue weighted by atomic mass is 16.6. The van der Waals surface area contributed by atoms with Gasteiger partial charge in [-0.2, -0.15) is 5.26 Å². The van der Waals surface area contributed by atoms with Gasteiger partial charge in [0.1, 0.15) is 0 Å². The summed E-state index contributed by atoms with van der Waals surface area (Å²) in [5, 5.41) is 9.09. The van der Waals surface area contributed by atoms with Crippen LogP contribution in [0.4, 0.5) is 0 Å². The fourth-order valence-electron chi connectivity index (χ4n) is 5.50. The highest BCUT2D eigenvalue weighted by Gasteiger charge is 2.44. The van der Waals surface area contributed by atoms with Crippen LogP contribution in [0.1, 0.15) is 62.3 Å². The number of hydrogen-bond donors (Lipinski definition) is 0. The van der Waals surface area contributed by atoms with Crippen molar-refractivity contribution in [3.63, 3.8) is 0 Å². The van der Waals surface area contributed by atoms with E-state index in [2.05, 4.69) is 83.2 Å². The Hall–Kier alpha value is -2.93. The van der Waals surface area contributed by atoms with Crippen LogP contribution in [0.2, 0.25) is 0 Å². The van der Waals surface area contributed by atoms with Crippen LogP contribution in [-0.2, 0) is 16.1 Å². The van der Waals surface area contributed by atoms with Gasteiger partial charge in [-0.25, -0.2) is 0 Å². The van der Waals surface area contributed by atoms with Crippen LogP contribution in [0.3, 0.4) is 0 Å². The second-order valence-electron chi connectivity index (χ2n) is 10.1. The molecule has 35 heavy (non-hydrogen) atoms. The monoisotopic (exact) mass is 467 g/mol. The first kappa shape index (κ1) is 25.2.